The maximum absolute atomic E-state index is 12.0. The molecule has 1 aromatic heterocycles. The van der Waals surface area contributed by atoms with Crippen molar-refractivity contribution in [1.29, 1.82) is 0 Å². The van der Waals surface area contributed by atoms with Gasteiger partial charge in [-0.2, -0.15) is 0 Å². The highest BCUT2D eigenvalue weighted by Gasteiger charge is 2.30. The Morgan fingerprint density at radius 1 is 1.50 bits per heavy atom. The number of piperidine rings is 1. The number of rotatable bonds is 5. The summed E-state index contributed by atoms with van der Waals surface area (Å²) in [6.45, 7) is 11.5. The molecule has 1 aromatic rings. The van der Waals surface area contributed by atoms with Crippen molar-refractivity contribution in [1.82, 2.24) is 10.2 Å². The zero-order chi connectivity index (χ0) is 16.2. The normalized spacial score (nSPS) is 20.5. The van der Waals surface area contributed by atoms with Crippen LogP contribution in [-0.4, -0.2) is 36.0 Å². The number of carbonyl (C=O) groups excluding carboxylic acids is 1. The Balaban J connectivity index is 1.82. The Bertz CT molecular complexity index is 531. The Kier molecular flexibility index (Phi) is 5.46. The molecule has 122 valence electrons. The first-order valence-corrected chi connectivity index (χ1v) is 8.14. The molecular weight excluding hydrogens is 276 g/mol. The van der Waals surface area contributed by atoms with Gasteiger partial charge in [-0.3, -0.25) is 9.69 Å². The summed E-state index contributed by atoms with van der Waals surface area (Å²) in [5.74, 6) is 2.22. The van der Waals surface area contributed by atoms with Gasteiger partial charge in [0.15, 0.2) is 0 Å². The number of amides is 1. The average Bonchev–Trinajstić information content (AvgIpc) is 2.89. The van der Waals surface area contributed by atoms with E-state index >= 15 is 0 Å². The van der Waals surface area contributed by atoms with Crippen molar-refractivity contribution in [3.63, 3.8) is 0 Å². The van der Waals surface area contributed by atoms with Crippen LogP contribution < -0.4 is 5.32 Å². The third kappa shape index (κ3) is 4.73. The fraction of sp³-hybridized carbons (Fsp3) is 0.611. The van der Waals surface area contributed by atoms with Gasteiger partial charge in [0.1, 0.15) is 11.5 Å². The second-order valence-corrected chi connectivity index (χ2v) is 7.01. The molecular formula is C18H28N2O2. The Morgan fingerprint density at radius 3 is 2.91 bits per heavy atom. The van der Waals surface area contributed by atoms with Crippen molar-refractivity contribution in [2.24, 2.45) is 5.92 Å². The molecule has 2 heterocycles. The summed E-state index contributed by atoms with van der Waals surface area (Å²) in [5, 5.41) is 3.00. The van der Waals surface area contributed by atoms with Gasteiger partial charge in [0, 0.05) is 24.7 Å². The molecule has 0 saturated carbocycles. The molecule has 0 radical (unpaired) electrons. The minimum absolute atomic E-state index is 0.0144. The van der Waals surface area contributed by atoms with Crippen LogP contribution in [0.5, 0.6) is 0 Å². The molecule has 0 unspecified atom stereocenters. The van der Waals surface area contributed by atoms with E-state index in [1.54, 1.807) is 6.08 Å². The van der Waals surface area contributed by atoms with Crippen LogP contribution >= 0.6 is 0 Å². The molecule has 1 aliphatic heterocycles. The standard InChI is InChI=1S/C18H28N2O2/c1-14-6-5-11-20(12-14)18(3,4)13-19-17(21)10-9-16-8-7-15(2)22-16/h7-10,14H,5-6,11-13H2,1-4H3,(H,19,21)/b10-9-/t14-/m0/s1. The Morgan fingerprint density at radius 2 is 2.27 bits per heavy atom. The lowest BCUT2D eigenvalue weighted by atomic mass is 9.93. The van der Waals surface area contributed by atoms with Crippen LogP contribution in [0.25, 0.3) is 6.08 Å². The van der Waals surface area contributed by atoms with Crippen LogP contribution in [0.2, 0.25) is 0 Å². The van der Waals surface area contributed by atoms with E-state index < -0.39 is 0 Å². The molecule has 1 N–H and O–H groups in total. The number of nitrogens with zero attached hydrogens (tertiary/aromatic N) is 1. The molecule has 1 saturated heterocycles. The predicted octanol–water partition coefficient (Wildman–Crippen LogP) is 3.23. The van der Waals surface area contributed by atoms with Crippen molar-refractivity contribution in [2.75, 3.05) is 19.6 Å². The second-order valence-electron chi connectivity index (χ2n) is 7.01. The van der Waals surface area contributed by atoms with Gasteiger partial charge in [-0.05, 0) is 64.3 Å². The minimum Gasteiger partial charge on any atom is -0.462 e. The van der Waals surface area contributed by atoms with Gasteiger partial charge in [0.2, 0.25) is 5.91 Å². The summed E-state index contributed by atoms with van der Waals surface area (Å²) >= 11 is 0. The first-order valence-electron chi connectivity index (χ1n) is 8.14. The van der Waals surface area contributed by atoms with E-state index in [1.165, 1.54) is 18.9 Å². The molecule has 4 heteroatoms. The highest BCUT2D eigenvalue weighted by molar-refractivity contribution is 5.91. The summed E-state index contributed by atoms with van der Waals surface area (Å²) in [4.78, 5) is 14.4. The van der Waals surface area contributed by atoms with E-state index in [0.717, 1.165) is 24.8 Å². The highest BCUT2D eigenvalue weighted by Crippen LogP contribution is 2.23. The van der Waals surface area contributed by atoms with Gasteiger partial charge in [-0.15, -0.1) is 0 Å². The molecule has 0 spiro atoms. The topological polar surface area (TPSA) is 45.5 Å². The van der Waals surface area contributed by atoms with Crippen LogP contribution in [-0.2, 0) is 4.79 Å². The van der Waals surface area contributed by atoms with Crippen LogP contribution in [0, 0.1) is 12.8 Å². The average molecular weight is 304 g/mol. The van der Waals surface area contributed by atoms with Crippen molar-refractivity contribution in [2.45, 2.75) is 46.1 Å². The van der Waals surface area contributed by atoms with Crippen LogP contribution in [0.4, 0.5) is 0 Å². The molecule has 2 rings (SSSR count). The van der Waals surface area contributed by atoms with Crippen molar-refractivity contribution >= 4 is 12.0 Å². The maximum Gasteiger partial charge on any atom is 0.244 e. The molecule has 1 fully saturated rings. The van der Waals surface area contributed by atoms with E-state index in [4.69, 9.17) is 4.42 Å². The summed E-state index contributed by atoms with van der Waals surface area (Å²) in [5.41, 5.74) is -0.0144. The van der Waals surface area contributed by atoms with Crippen LogP contribution in [0.1, 0.15) is 45.1 Å². The Hall–Kier alpha value is -1.55. The first-order chi connectivity index (χ1) is 10.4. The number of likely N-dealkylation sites (tertiary alicyclic amines) is 1. The number of hydrogen-bond acceptors (Lipinski definition) is 3. The largest absolute Gasteiger partial charge is 0.462 e. The zero-order valence-corrected chi connectivity index (χ0v) is 14.2. The monoisotopic (exact) mass is 304 g/mol. The summed E-state index contributed by atoms with van der Waals surface area (Å²) < 4.78 is 5.41. The first kappa shape index (κ1) is 16.8. The second kappa shape index (κ2) is 7.14. The molecule has 4 nitrogen and oxygen atoms in total. The maximum atomic E-state index is 12.0. The van der Waals surface area contributed by atoms with E-state index in [-0.39, 0.29) is 11.4 Å². The molecule has 22 heavy (non-hydrogen) atoms. The fourth-order valence-electron chi connectivity index (χ4n) is 2.91. The lowest BCUT2D eigenvalue weighted by Gasteiger charge is -2.43. The minimum atomic E-state index is -0.0767. The molecule has 0 aliphatic carbocycles. The number of carbonyl (C=O) groups is 1. The molecule has 1 aliphatic rings. The highest BCUT2D eigenvalue weighted by atomic mass is 16.3. The smallest absolute Gasteiger partial charge is 0.244 e. The fourth-order valence-corrected chi connectivity index (χ4v) is 2.91. The summed E-state index contributed by atoms with van der Waals surface area (Å²) in [6, 6.07) is 3.75. The number of aryl methyl sites for hydroxylation is 1. The van der Waals surface area contributed by atoms with Gasteiger partial charge in [0.05, 0.1) is 0 Å². The number of furan rings is 1. The molecule has 0 aromatic carbocycles. The van der Waals surface area contributed by atoms with Crippen LogP contribution in [0.3, 0.4) is 0 Å². The Labute approximate surface area is 133 Å². The number of hydrogen-bond donors (Lipinski definition) is 1. The van der Waals surface area contributed by atoms with E-state index in [2.05, 4.69) is 31.0 Å². The molecule has 1 amide bonds. The van der Waals surface area contributed by atoms with Gasteiger partial charge in [-0.1, -0.05) is 6.92 Å². The van der Waals surface area contributed by atoms with E-state index in [1.807, 2.05) is 19.1 Å². The summed E-state index contributed by atoms with van der Waals surface area (Å²) in [6.07, 6.45) is 5.80. The van der Waals surface area contributed by atoms with Gasteiger partial charge < -0.3 is 9.73 Å². The van der Waals surface area contributed by atoms with E-state index in [0.29, 0.717) is 12.3 Å². The van der Waals surface area contributed by atoms with Crippen LogP contribution in [0.15, 0.2) is 22.6 Å². The summed E-state index contributed by atoms with van der Waals surface area (Å²) in [7, 11) is 0. The van der Waals surface area contributed by atoms with Crippen molar-refractivity contribution in [3.8, 4) is 0 Å². The molecule has 1 atom stereocenters. The number of nitrogens with one attached hydrogen (secondary N) is 1. The molecule has 0 bridgehead atoms. The predicted molar refractivity (Wildman–Crippen MR) is 89.5 cm³/mol. The van der Waals surface area contributed by atoms with Gasteiger partial charge >= 0.3 is 0 Å². The van der Waals surface area contributed by atoms with Crippen molar-refractivity contribution in [3.05, 3.63) is 29.7 Å². The van der Waals surface area contributed by atoms with Gasteiger partial charge in [-0.25, -0.2) is 0 Å². The van der Waals surface area contributed by atoms with Gasteiger partial charge in [0.25, 0.3) is 0 Å². The zero-order valence-electron chi connectivity index (χ0n) is 14.2. The third-order valence-electron chi connectivity index (χ3n) is 4.37. The van der Waals surface area contributed by atoms with Crippen molar-refractivity contribution < 1.29 is 9.21 Å². The quantitative estimate of drug-likeness (QED) is 0.850. The van der Waals surface area contributed by atoms with E-state index in [9.17, 15) is 4.79 Å². The lowest BCUT2D eigenvalue weighted by molar-refractivity contribution is -0.117. The third-order valence-corrected chi connectivity index (χ3v) is 4.37. The SMILES string of the molecule is Cc1ccc(/C=C\C(=O)NCC(C)(C)N2CCC[C@H](C)C2)o1. The lowest BCUT2D eigenvalue weighted by Crippen LogP contribution is -2.54.